The van der Waals surface area contributed by atoms with Gasteiger partial charge in [0.25, 0.3) is 0 Å². The zero-order chi connectivity index (χ0) is 20.6. The summed E-state index contributed by atoms with van der Waals surface area (Å²) in [6.45, 7) is 2.24. The Kier molecular flexibility index (Phi) is 7.69. The number of sulfonamides is 1. The van der Waals surface area contributed by atoms with Gasteiger partial charge in [-0.2, -0.15) is 0 Å². The molecule has 2 aromatic rings. The molecular weight excluding hydrogens is 380 g/mol. The molecule has 0 fully saturated rings. The molecule has 0 aliphatic heterocycles. The zero-order valence-electron chi connectivity index (χ0n) is 16.3. The zero-order valence-corrected chi connectivity index (χ0v) is 17.1. The molecule has 0 heterocycles. The Balaban J connectivity index is 2.02. The molecule has 0 aromatic heterocycles. The van der Waals surface area contributed by atoms with Gasteiger partial charge in [-0.3, -0.25) is 9.10 Å². The maximum Gasteiger partial charge on any atom is 0.244 e. The van der Waals surface area contributed by atoms with Crippen molar-refractivity contribution in [3.8, 4) is 11.5 Å². The first kappa shape index (κ1) is 21.6. The average molecular weight is 407 g/mol. The Morgan fingerprint density at radius 2 is 1.68 bits per heavy atom. The summed E-state index contributed by atoms with van der Waals surface area (Å²) in [6, 6.07) is 15.0. The molecule has 0 bridgehead atoms. The molecule has 2 aromatic carbocycles. The number of carbonyl (C=O) groups excluding carboxylic acids is 1. The number of benzene rings is 2. The number of carbonyl (C=O) groups is 1. The Morgan fingerprint density at radius 1 is 1.07 bits per heavy atom. The van der Waals surface area contributed by atoms with Gasteiger partial charge in [-0.05, 0) is 30.7 Å². The number of nitrogens with one attached hydrogen (secondary N) is 1. The standard InChI is InChI=1S/C20H26N2O5S/c1-4-17(22(28(3,24)25)16-10-6-5-7-11-16)20(23)21-14-15-27-19-13-9-8-12-18(19)26-2/h5-13,17H,4,14-15H2,1-3H3,(H,21,23). The molecule has 152 valence electrons. The number of amides is 1. The first-order chi connectivity index (χ1) is 13.4. The molecule has 28 heavy (non-hydrogen) atoms. The Labute approximate surface area is 166 Å². The summed E-state index contributed by atoms with van der Waals surface area (Å²) in [6.07, 6.45) is 1.43. The highest BCUT2D eigenvalue weighted by atomic mass is 32.2. The number of methoxy groups -OCH3 is 1. The van der Waals surface area contributed by atoms with Crippen LogP contribution in [0.25, 0.3) is 0 Å². The molecule has 0 aliphatic rings. The summed E-state index contributed by atoms with van der Waals surface area (Å²) in [5.74, 6) is 0.807. The maximum atomic E-state index is 12.7. The molecule has 1 unspecified atom stereocenters. The molecule has 0 radical (unpaired) electrons. The van der Waals surface area contributed by atoms with E-state index < -0.39 is 16.1 Å². The summed E-state index contributed by atoms with van der Waals surface area (Å²) in [5.41, 5.74) is 0.456. The van der Waals surface area contributed by atoms with E-state index in [0.717, 1.165) is 10.6 Å². The van der Waals surface area contributed by atoms with E-state index in [0.29, 0.717) is 23.6 Å². The minimum absolute atomic E-state index is 0.229. The smallest absolute Gasteiger partial charge is 0.244 e. The second-order valence-electron chi connectivity index (χ2n) is 6.11. The first-order valence-electron chi connectivity index (χ1n) is 8.96. The second-order valence-corrected chi connectivity index (χ2v) is 7.97. The third-order valence-corrected chi connectivity index (χ3v) is 5.25. The normalized spacial score (nSPS) is 12.1. The van der Waals surface area contributed by atoms with Gasteiger partial charge in [0.05, 0.1) is 25.6 Å². The topological polar surface area (TPSA) is 84.9 Å². The largest absolute Gasteiger partial charge is 0.493 e. The quantitative estimate of drug-likeness (QED) is 0.613. The summed E-state index contributed by atoms with van der Waals surface area (Å²) in [7, 11) is -2.08. The number of hydrogen-bond donors (Lipinski definition) is 1. The molecule has 0 aliphatic carbocycles. The predicted molar refractivity (Wildman–Crippen MR) is 109 cm³/mol. The summed E-state index contributed by atoms with van der Waals surface area (Å²) >= 11 is 0. The van der Waals surface area contributed by atoms with E-state index in [1.54, 1.807) is 56.5 Å². The van der Waals surface area contributed by atoms with Crippen molar-refractivity contribution in [3.63, 3.8) is 0 Å². The van der Waals surface area contributed by atoms with E-state index in [9.17, 15) is 13.2 Å². The number of rotatable bonds is 10. The summed E-state index contributed by atoms with van der Waals surface area (Å²) < 4.78 is 36.7. The van der Waals surface area contributed by atoms with Gasteiger partial charge in [-0.15, -0.1) is 0 Å². The van der Waals surface area contributed by atoms with Crippen molar-refractivity contribution in [2.75, 3.05) is 30.8 Å². The molecular formula is C20H26N2O5S. The highest BCUT2D eigenvalue weighted by Gasteiger charge is 2.31. The van der Waals surface area contributed by atoms with E-state index in [2.05, 4.69) is 5.32 Å². The molecule has 1 N–H and O–H groups in total. The number of para-hydroxylation sites is 3. The van der Waals surface area contributed by atoms with Crippen LogP contribution >= 0.6 is 0 Å². The highest BCUT2D eigenvalue weighted by molar-refractivity contribution is 7.92. The van der Waals surface area contributed by atoms with Gasteiger partial charge >= 0.3 is 0 Å². The number of hydrogen-bond acceptors (Lipinski definition) is 5. The van der Waals surface area contributed by atoms with E-state index >= 15 is 0 Å². The van der Waals surface area contributed by atoms with Crippen molar-refractivity contribution in [1.82, 2.24) is 5.32 Å². The lowest BCUT2D eigenvalue weighted by atomic mass is 10.2. The molecule has 0 saturated heterocycles. The first-order valence-corrected chi connectivity index (χ1v) is 10.8. The van der Waals surface area contributed by atoms with Crippen molar-refractivity contribution in [2.24, 2.45) is 0 Å². The van der Waals surface area contributed by atoms with Crippen LogP contribution in [0.4, 0.5) is 5.69 Å². The van der Waals surface area contributed by atoms with Crippen LogP contribution in [0.1, 0.15) is 13.3 Å². The monoisotopic (exact) mass is 406 g/mol. The van der Waals surface area contributed by atoms with Crippen molar-refractivity contribution in [1.29, 1.82) is 0 Å². The van der Waals surface area contributed by atoms with Crippen LogP contribution in [-0.4, -0.2) is 46.9 Å². The summed E-state index contributed by atoms with van der Waals surface area (Å²) in [4.78, 5) is 12.7. The Morgan fingerprint density at radius 3 is 2.25 bits per heavy atom. The molecule has 1 amide bonds. The van der Waals surface area contributed by atoms with Crippen LogP contribution in [0.15, 0.2) is 54.6 Å². The van der Waals surface area contributed by atoms with Gasteiger partial charge in [0.2, 0.25) is 15.9 Å². The van der Waals surface area contributed by atoms with Crippen LogP contribution in [0, 0.1) is 0 Å². The van der Waals surface area contributed by atoms with Crippen LogP contribution < -0.4 is 19.1 Å². The predicted octanol–water partition coefficient (Wildman–Crippen LogP) is 2.44. The number of ether oxygens (including phenoxy) is 2. The lowest BCUT2D eigenvalue weighted by Gasteiger charge is -2.30. The fourth-order valence-electron chi connectivity index (χ4n) is 2.83. The SMILES string of the molecule is CCC(C(=O)NCCOc1ccccc1OC)N(c1ccccc1)S(C)(=O)=O. The molecule has 0 spiro atoms. The van der Waals surface area contributed by atoms with Gasteiger partial charge in [-0.25, -0.2) is 8.42 Å². The lowest BCUT2D eigenvalue weighted by molar-refractivity contribution is -0.122. The minimum atomic E-state index is -3.63. The van der Waals surface area contributed by atoms with Crippen LogP contribution in [0.2, 0.25) is 0 Å². The third-order valence-electron chi connectivity index (χ3n) is 4.07. The van der Waals surface area contributed by atoms with Crippen molar-refractivity contribution >= 4 is 21.6 Å². The van der Waals surface area contributed by atoms with Crippen LogP contribution in [0.5, 0.6) is 11.5 Å². The Hall–Kier alpha value is -2.74. The van der Waals surface area contributed by atoms with Gasteiger partial charge in [0.15, 0.2) is 11.5 Å². The van der Waals surface area contributed by atoms with E-state index in [1.165, 1.54) is 0 Å². The highest BCUT2D eigenvalue weighted by Crippen LogP contribution is 2.25. The van der Waals surface area contributed by atoms with Crippen molar-refractivity contribution in [3.05, 3.63) is 54.6 Å². The maximum absolute atomic E-state index is 12.7. The van der Waals surface area contributed by atoms with E-state index in [-0.39, 0.29) is 19.1 Å². The van der Waals surface area contributed by atoms with Gasteiger partial charge in [-0.1, -0.05) is 37.3 Å². The third kappa shape index (κ3) is 5.63. The van der Waals surface area contributed by atoms with Crippen molar-refractivity contribution in [2.45, 2.75) is 19.4 Å². The minimum Gasteiger partial charge on any atom is -0.493 e. The summed E-state index contributed by atoms with van der Waals surface area (Å²) in [5, 5.41) is 2.75. The fraction of sp³-hybridized carbons (Fsp3) is 0.350. The van der Waals surface area contributed by atoms with E-state index in [4.69, 9.17) is 9.47 Å². The molecule has 0 saturated carbocycles. The molecule has 8 heteroatoms. The number of nitrogens with zero attached hydrogens (tertiary/aromatic N) is 1. The Bertz CT molecular complexity index is 871. The number of anilines is 1. The van der Waals surface area contributed by atoms with Gasteiger partial charge in [0, 0.05) is 0 Å². The van der Waals surface area contributed by atoms with E-state index in [1.807, 2.05) is 12.1 Å². The molecule has 7 nitrogen and oxygen atoms in total. The van der Waals surface area contributed by atoms with Gasteiger partial charge in [0.1, 0.15) is 12.6 Å². The van der Waals surface area contributed by atoms with Crippen molar-refractivity contribution < 1.29 is 22.7 Å². The molecule has 1 atom stereocenters. The fourth-order valence-corrected chi connectivity index (χ4v) is 4.04. The van der Waals surface area contributed by atoms with Crippen LogP contribution in [0.3, 0.4) is 0 Å². The average Bonchev–Trinajstić information content (AvgIpc) is 2.69. The molecule has 2 rings (SSSR count). The second kappa shape index (κ2) is 9.98. The lowest BCUT2D eigenvalue weighted by Crippen LogP contribution is -2.49. The van der Waals surface area contributed by atoms with Gasteiger partial charge < -0.3 is 14.8 Å². The van der Waals surface area contributed by atoms with Crippen LogP contribution in [-0.2, 0) is 14.8 Å².